The van der Waals surface area contributed by atoms with E-state index in [1.807, 2.05) is 25.2 Å². The van der Waals surface area contributed by atoms with E-state index in [-0.39, 0.29) is 11.0 Å². The zero-order valence-corrected chi connectivity index (χ0v) is 15.8. The van der Waals surface area contributed by atoms with Crippen LogP contribution in [0.4, 0.5) is 0 Å². The van der Waals surface area contributed by atoms with Gasteiger partial charge in [0.05, 0.1) is 0 Å². The van der Waals surface area contributed by atoms with Gasteiger partial charge in [-0.25, -0.2) is 4.99 Å². The quantitative estimate of drug-likeness (QED) is 0.818. The molecule has 1 aliphatic heterocycles. The maximum absolute atomic E-state index is 6.20. The van der Waals surface area contributed by atoms with Crippen LogP contribution in [0.15, 0.2) is 47.5 Å². The molecule has 4 heteroatoms. The molecule has 2 aromatic rings. The van der Waals surface area contributed by atoms with Crippen molar-refractivity contribution in [1.29, 1.82) is 0 Å². The highest BCUT2D eigenvalue weighted by molar-refractivity contribution is 6.30. The summed E-state index contributed by atoms with van der Waals surface area (Å²) in [5.41, 5.74) is 11.1. The van der Waals surface area contributed by atoms with E-state index in [9.17, 15) is 0 Å². The Morgan fingerprint density at radius 2 is 1.80 bits per heavy atom. The van der Waals surface area contributed by atoms with Crippen molar-refractivity contribution in [2.75, 3.05) is 13.6 Å². The molecule has 0 radical (unpaired) electrons. The number of guanidine groups is 1. The summed E-state index contributed by atoms with van der Waals surface area (Å²) in [7, 11) is 2.02. The fourth-order valence-electron chi connectivity index (χ4n) is 4.25. The molecule has 1 unspecified atom stereocenters. The molecule has 4 rings (SSSR count). The van der Waals surface area contributed by atoms with E-state index >= 15 is 0 Å². The number of halogens is 1. The second-order valence-corrected chi connectivity index (χ2v) is 8.45. The van der Waals surface area contributed by atoms with Gasteiger partial charge < -0.3 is 10.6 Å². The van der Waals surface area contributed by atoms with Crippen LogP contribution in [0.25, 0.3) is 11.1 Å². The molecule has 2 N–H and O–H groups in total. The number of likely N-dealkylation sites (N-methyl/N-ethyl adjacent to an activating group) is 1. The number of hydrogen-bond donors (Lipinski definition) is 1. The predicted octanol–water partition coefficient (Wildman–Crippen LogP) is 4.53. The van der Waals surface area contributed by atoms with Gasteiger partial charge in [0.25, 0.3) is 0 Å². The topological polar surface area (TPSA) is 41.6 Å². The van der Waals surface area contributed by atoms with Gasteiger partial charge in [-0.15, -0.1) is 0 Å². The highest BCUT2D eigenvalue weighted by Crippen LogP contribution is 2.49. The zero-order valence-electron chi connectivity index (χ0n) is 15.0. The van der Waals surface area contributed by atoms with Crippen molar-refractivity contribution < 1.29 is 0 Å². The maximum atomic E-state index is 6.20. The highest BCUT2D eigenvalue weighted by Gasteiger charge is 2.46. The number of hydrogen-bond acceptors (Lipinski definition) is 3. The highest BCUT2D eigenvalue weighted by atomic mass is 35.5. The lowest BCUT2D eigenvalue weighted by molar-refractivity contribution is 0.282. The van der Waals surface area contributed by atoms with E-state index in [0.29, 0.717) is 5.96 Å². The third-order valence-corrected chi connectivity index (χ3v) is 6.03. The third-order valence-electron chi connectivity index (χ3n) is 5.79. The Morgan fingerprint density at radius 3 is 2.48 bits per heavy atom. The monoisotopic (exact) mass is 353 g/mol. The van der Waals surface area contributed by atoms with Gasteiger partial charge in [0.15, 0.2) is 5.96 Å². The van der Waals surface area contributed by atoms with Crippen molar-refractivity contribution in [3.05, 3.63) is 58.6 Å². The normalized spacial score (nSPS) is 24.3. The van der Waals surface area contributed by atoms with E-state index in [1.54, 1.807) is 0 Å². The first-order valence-electron chi connectivity index (χ1n) is 8.78. The first kappa shape index (κ1) is 16.5. The Labute approximate surface area is 154 Å². The molecule has 0 fully saturated rings. The summed E-state index contributed by atoms with van der Waals surface area (Å²) in [6.45, 7) is 5.49. The SMILES string of the molecule is CN1CC2(CCC(C)(C)c3ccc(-c4cccc(Cl)c4)cc32)N=C1N. The predicted molar refractivity (Wildman–Crippen MR) is 105 cm³/mol. The molecule has 1 spiro atoms. The summed E-state index contributed by atoms with van der Waals surface area (Å²) in [6.07, 6.45) is 2.14. The Hall–Kier alpha value is -2.00. The maximum Gasteiger partial charge on any atom is 0.192 e. The lowest BCUT2D eigenvalue weighted by Crippen LogP contribution is -2.40. The molecule has 0 bridgehead atoms. The number of nitrogens with two attached hydrogens (primary N) is 1. The summed E-state index contributed by atoms with van der Waals surface area (Å²) < 4.78 is 0. The zero-order chi connectivity index (χ0) is 17.8. The minimum absolute atomic E-state index is 0.152. The van der Waals surface area contributed by atoms with Gasteiger partial charge in [-0.3, -0.25) is 0 Å². The molecule has 25 heavy (non-hydrogen) atoms. The number of fused-ring (bicyclic) bond motifs is 2. The summed E-state index contributed by atoms with van der Waals surface area (Å²) in [5, 5.41) is 0.758. The molecule has 1 atom stereocenters. The van der Waals surface area contributed by atoms with Crippen molar-refractivity contribution in [2.24, 2.45) is 10.7 Å². The number of benzene rings is 2. The van der Waals surface area contributed by atoms with Gasteiger partial charge in [0.1, 0.15) is 5.54 Å². The van der Waals surface area contributed by atoms with Crippen LogP contribution in [-0.2, 0) is 11.0 Å². The number of rotatable bonds is 1. The van der Waals surface area contributed by atoms with Crippen LogP contribution >= 0.6 is 11.6 Å². The Bertz CT molecular complexity index is 871. The van der Waals surface area contributed by atoms with Gasteiger partial charge >= 0.3 is 0 Å². The van der Waals surface area contributed by atoms with E-state index in [2.05, 4.69) is 43.0 Å². The first-order chi connectivity index (χ1) is 11.8. The van der Waals surface area contributed by atoms with E-state index in [4.69, 9.17) is 22.3 Å². The number of aliphatic imine (C=N–C) groups is 1. The average molecular weight is 354 g/mol. The van der Waals surface area contributed by atoms with Crippen molar-refractivity contribution in [1.82, 2.24) is 4.90 Å². The minimum Gasteiger partial charge on any atom is -0.370 e. The van der Waals surface area contributed by atoms with E-state index in [1.165, 1.54) is 16.7 Å². The van der Waals surface area contributed by atoms with E-state index < -0.39 is 0 Å². The lowest BCUT2D eigenvalue weighted by atomic mass is 9.65. The Balaban J connectivity index is 1.90. The van der Waals surface area contributed by atoms with Crippen LogP contribution in [0.3, 0.4) is 0 Å². The summed E-state index contributed by atoms with van der Waals surface area (Å²) >= 11 is 6.20. The molecule has 0 amide bonds. The van der Waals surface area contributed by atoms with Gasteiger partial charge in [-0.1, -0.05) is 49.7 Å². The van der Waals surface area contributed by atoms with Crippen molar-refractivity contribution >= 4 is 17.6 Å². The summed E-state index contributed by atoms with van der Waals surface area (Å²) in [6, 6.07) is 14.8. The molecule has 130 valence electrons. The molecule has 1 heterocycles. The molecular formula is C21H24ClN3. The first-order valence-corrected chi connectivity index (χ1v) is 9.16. The van der Waals surface area contributed by atoms with E-state index in [0.717, 1.165) is 30.0 Å². The molecule has 2 aromatic carbocycles. The molecule has 0 saturated heterocycles. The van der Waals surface area contributed by atoms with Gasteiger partial charge in [0, 0.05) is 18.6 Å². The van der Waals surface area contributed by atoms with Crippen LogP contribution in [0.1, 0.15) is 37.8 Å². The molecule has 0 aromatic heterocycles. The largest absolute Gasteiger partial charge is 0.370 e. The van der Waals surface area contributed by atoms with Crippen molar-refractivity contribution in [3.63, 3.8) is 0 Å². The minimum atomic E-state index is -0.224. The van der Waals surface area contributed by atoms with Crippen molar-refractivity contribution in [3.8, 4) is 11.1 Å². The fourth-order valence-corrected chi connectivity index (χ4v) is 4.44. The van der Waals surface area contributed by atoms with Crippen LogP contribution in [0.2, 0.25) is 5.02 Å². The number of nitrogens with zero attached hydrogens (tertiary/aromatic N) is 2. The standard InChI is InChI=1S/C21H24ClN3/c1-20(2)9-10-21(13-25(3)19(23)24-21)18-12-15(7-8-17(18)20)14-5-4-6-16(22)11-14/h4-8,11-12H,9-10,13H2,1-3H3,(H2,23,24). The molecule has 3 nitrogen and oxygen atoms in total. The van der Waals surface area contributed by atoms with Crippen LogP contribution in [0, 0.1) is 0 Å². The molecule has 0 saturated carbocycles. The Morgan fingerprint density at radius 1 is 1.04 bits per heavy atom. The van der Waals surface area contributed by atoms with Gasteiger partial charge in [-0.05, 0) is 58.7 Å². The summed E-state index contributed by atoms with van der Waals surface area (Å²) in [4.78, 5) is 6.98. The third kappa shape index (κ3) is 2.62. The Kier molecular flexibility index (Phi) is 3.62. The second kappa shape index (κ2) is 5.50. The average Bonchev–Trinajstić information content (AvgIpc) is 2.87. The van der Waals surface area contributed by atoms with Gasteiger partial charge in [-0.2, -0.15) is 0 Å². The van der Waals surface area contributed by atoms with Crippen LogP contribution < -0.4 is 5.73 Å². The smallest absolute Gasteiger partial charge is 0.192 e. The van der Waals surface area contributed by atoms with Crippen LogP contribution in [-0.4, -0.2) is 24.5 Å². The van der Waals surface area contributed by atoms with Crippen molar-refractivity contribution in [2.45, 2.75) is 37.6 Å². The molecule has 1 aliphatic carbocycles. The van der Waals surface area contributed by atoms with Crippen LogP contribution in [0.5, 0.6) is 0 Å². The fraction of sp³-hybridized carbons (Fsp3) is 0.381. The summed E-state index contributed by atoms with van der Waals surface area (Å²) in [5.74, 6) is 0.638. The van der Waals surface area contributed by atoms with Gasteiger partial charge in [0.2, 0.25) is 0 Å². The lowest BCUT2D eigenvalue weighted by Gasteiger charge is -2.42. The second-order valence-electron chi connectivity index (χ2n) is 8.01. The molecule has 2 aliphatic rings. The molecular weight excluding hydrogens is 330 g/mol.